The minimum atomic E-state index is -4.00. The predicted octanol–water partition coefficient (Wildman–Crippen LogP) is 4.71. The Hall–Kier alpha value is -4.15. The summed E-state index contributed by atoms with van der Waals surface area (Å²) in [4.78, 5) is 34.6. The quantitative estimate of drug-likeness (QED) is 0.173. The van der Waals surface area contributed by atoms with E-state index in [9.17, 15) is 22.8 Å². The van der Waals surface area contributed by atoms with Crippen LogP contribution in [-0.2, 0) is 25.8 Å². The Morgan fingerprint density at radius 2 is 1.64 bits per heavy atom. The molecule has 0 amide bonds. The lowest BCUT2D eigenvalue weighted by atomic mass is 9.99. The van der Waals surface area contributed by atoms with Gasteiger partial charge in [0, 0.05) is 29.7 Å². The summed E-state index contributed by atoms with van der Waals surface area (Å²) in [5.74, 6) is -0.868. The normalized spacial score (nSPS) is 12.3. The molecule has 0 saturated carbocycles. The molecule has 0 aliphatic rings. The number of benzene rings is 2. The smallest absolute Gasteiger partial charge is 0.386 e. The maximum atomic E-state index is 12.3. The molecule has 0 radical (unpaired) electrons. The Morgan fingerprint density at radius 3 is 2.19 bits per heavy atom. The number of nitrogens with two attached hydrogens (primary N) is 1. The van der Waals surface area contributed by atoms with E-state index in [1.165, 1.54) is 20.3 Å². The van der Waals surface area contributed by atoms with Gasteiger partial charge in [0.05, 0.1) is 18.5 Å². The van der Waals surface area contributed by atoms with Crippen molar-refractivity contribution in [3.8, 4) is 0 Å². The molecule has 2 aromatic rings. The molecule has 2 rings (SSSR count). The number of ketones is 1. The van der Waals surface area contributed by atoms with Crippen LogP contribution in [0.3, 0.4) is 0 Å². The average Bonchev–Trinajstić information content (AvgIpc) is 2.82. The Morgan fingerprint density at radius 1 is 1.03 bits per heavy atom. The van der Waals surface area contributed by atoms with Gasteiger partial charge in [0.2, 0.25) is 0 Å². The van der Waals surface area contributed by atoms with E-state index in [0.717, 1.165) is 5.56 Å². The molecule has 8 nitrogen and oxygen atoms in total. The van der Waals surface area contributed by atoms with E-state index in [4.69, 9.17) is 20.1 Å². The highest BCUT2D eigenvalue weighted by atomic mass is 19.4. The second kappa shape index (κ2) is 14.3. The minimum absolute atomic E-state index is 0.0147. The molecule has 2 N–H and O–H groups in total. The molecule has 0 saturated heterocycles. The molecule has 0 aliphatic heterocycles. The van der Waals surface area contributed by atoms with Gasteiger partial charge in [0.1, 0.15) is 13.7 Å². The molecule has 36 heavy (non-hydrogen) atoms. The number of hydrogen-bond donors (Lipinski definition) is 1. The van der Waals surface area contributed by atoms with E-state index in [1.54, 1.807) is 43.3 Å². The van der Waals surface area contributed by atoms with Gasteiger partial charge in [-0.3, -0.25) is 4.79 Å². The number of hydrogen-bond acceptors (Lipinski definition) is 8. The van der Waals surface area contributed by atoms with Gasteiger partial charge in [0.25, 0.3) is 0 Å². The van der Waals surface area contributed by atoms with Crippen LogP contribution in [0.4, 0.5) is 13.2 Å². The largest absolute Gasteiger partial charge is 0.464 e. The van der Waals surface area contributed by atoms with Crippen LogP contribution in [0.1, 0.15) is 40.9 Å². The highest BCUT2D eigenvalue weighted by Gasteiger charge is 2.20. The first kappa shape index (κ1) is 29.9. The Labute approximate surface area is 207 Å². The van der Waals surface area contributed by atoms with Gasteiger partial charge in [-0.05, 0) is 19.4 Å². The number of alkyl halides is 3. The van der Waals surface area contributed by atoms with Crippen molar-refractivity contribution in [2.45, 2.75) is 33.6 Å². The summed E-state index contributed by atoms with van der Waals surface area (Å²) in [6.45, 7) is 3.73. The topological polar surface area (TPSA) is 113 Å². The van der Waals surface area contributed by atoms with Gasteiger partial charge in [-0.2, -0.15) is 13.2 Å². The van der Waals surface area contributed by atoms with Crippen LogP contribution < -0.4 is 5.73 Å². The Balaban J connectivity index is 0.00000118. The molecule has 0 unspecified atom stereocenters. The van der Waals surface area contributed by atoms with Crippen molar-refractivity contribution in [3.05, 3.63) is 82.6 Å². The number of allylic oxidation sites excluding steroid dienone is 2. The Kier molecular flexibility index (Phi) is 11.9. The number of ether oxygens (including phenoxy) is 1. The number of methoxy groups -OCH3 is 1. The molecule has 194 valence electrons. The van der Waals surface area contributed by atoms with Gasteiger partial charge >= 0.3 is 12.1 Å². The first-order chi connectivity index (χ1) is 16.9. The third-order valence-corrected chi connectivity index (χ3v) is 4.40. The monoisotopic (exact) mass is 507 g/mol. The first-order valence-electron chi connectivity index (χ1n) is 10.5. The average molecular weight is 508 g/mol. The van der Waals surface area contributed by atoms with Crippen LogP contribution in [-0.4, -0.2) is 43.6 Å². The molecular formula is C25H28F3N3O5. The molecule has 0 aromatic heterocycles. The van der Waals surface area contributed by atoms with E-state index in [0.29, 0.717) is 22.4 Å². The van der Waals surface area contributed by atoms with Crippen LogP contribution in [0.25, 0.3) is 0 Å². The summed E-state index contributed by atoms with van der Waals surface area (Å²) in [5, 5.41) is 7.79. The zero-order chi connectivity index (χ0) is 27.3. The molecular weight excluding hydrogens is 479 g/mol. The lowest BCUT2D eigenvalue weighted by molar-refractivity contribution is -0.132. The molecule has 0 aliphatic carbocycles. The summed E-state index contributed by atoms with van der Waals surface area (Å²) in [6, 6.07) is 14.1. The van der Waals surface area contributed by atoms with Crippen LogP contribution in [0.2, 0.25) is 0 Å². The number of esters is 1. The Bertz CT molecular complexity index is 1120. The molecule has 0 atom stereocenters. The highest BCUT2D eigenvalue weighted by Crippen LogP contribution is 2.18. The summed E-state index contributed by atoms with van der Waals surface area (Å²) in [5.41, 5.74) is 9.10. The van der Waals surface area contributed by atoms with Crippen molar-refractivity contribution in [2.75, 3.05) is 14.2 Å². The summed E-state index contributed by atoms with van der Waals surface area (Å²) >= 11 is 0. The van der Waals surface area contributed by atoms with Crippen molar-refractivity contribution in [1.82, 2.24) is 0 Å². The fourth-order valence-corrected chi connectivity index (χ4v) is 2.68. The van der Waals surface area contributed by atoms with Gasteiger partial charge in [-0.1, -0.05) is 58.8 Å². The second-order valence-electron chi connectivity index (χ2n) is 7.28. The van der Waals surface area contributed by atoms with Crippen LogP contribution in [0, 0.1) is 6.92 Å². The van der Waals surface area contributed by atoms with E-state index in [-0.39, 0.29) is 30.7 Å². The summed E-state index contributed by atoms with van der Waals surface area (Å²) < 4.78 is 35.9. The molecule has 11 heteroatoms. The standard InChI is InChI=1S/C23H25N3O5.C2H3F3/c1-15-9-8-12-18(22(26-30-4)23(28)29-3)19(15)14-31-25-16(2)20(24)13-21(27)17-10-6-5-7-11-17;1-2(3,4)5/h5-13H,14,24H2,1-4H3;1H3/b20-13-,25-16+,26-22+;. The van der Waals surface area contributed by atoms with Gasteiger partial charge in [-0.15, -0.1) is 0 Å². The lowest BCUT2D eigenvalue weighted by Gasteiger charge is -2.12. The zero-order valence-corrected chi connectivity index (χ0v) is 20.6. The molecule has 0 fully saturated rings. The lowest BCUT2D eigenvalue weighted by Crippen LogP contribution is -2.20. The van der Waals surface area contributed by atoms with Crippen molar-refractivity contribution in [1.29, 1.82) is 0 Å². The third kappa shape index (κ3) is 10.4. The second-order valence-corrected chi connectivity index (χ2v) is 7.28. The van der Waals surface area contributed by atoms with Gasteiger partial charge < -0.3 is 20.1 Å². The van der Waals surface area contributed by atoms with Gasteiger partial charge in [0.15, 0.2) is 11.5 Å². The third-order valence-electron chi connectivity index (χ3n) is 4.40. The molecule has 0 spiro atoms. The van der Waals surface area contributed by atoms with Crippen molar-refractivity contribution >= 4 is 23.2 Å². The van der Waals surface area contributed by atoms with E-state index >= 15 is 0 Å². The van der Waals surface area contributed by atoms with E-state index < -0.39 is 12.1 Å². The maximum Gasteiger partial charge on any atom is 0.386 e. The molecule has 2 aromatic carbocycles. The number of oxime groups is 2. The zero-order valence-electron chi connectivity index (χ0n) is 20.6. The fourth-order valence-electron chi connectivity index (χ4n) is 2.68. The highest BCUT2D eigenvalue weighted by molar-refractivity contribution is 6.43. The number of nitrogens with zero attached hydrogens (tertiary/aromatic N) is 2. The number of aryl methyl sites for hydroxylation is 1. The number of carbonyl (C=O) groups is 2. The van der Waals surface area contributed by atoms with Crippen molar-refractivity contribution < 1.29 is 37.2 Å². The van der Waals surface area contributed by atoms with Crippen LogP contribution in [0.15, 0.2) is 70.6 Å². The van der Waals surface area contributed by atoms with Gasteiger partial charge in [-0.25, -0.2) is 4.79 Å². The minimum Gasteiger partial charge on any atom is -0.464 e. The van der Waals surface area contributed by atoms with Crippen molar-refractivity contribution in [2.24, 2.45) is 16.0 Å². The van der Waals surface area contributed by atoms with Crippen LogP contribution >= 0.6 is 0 Å². The summed E-state index contributed by atoms with van der Waals surface area (Å²) in [6.07, 6.45) is -2.70. The fraction of sp³-hybridized carbons (Fsp3) is 0.280. The molecule has 0 heterocycles. The van der Waals surface area contributed by atoms with E-state index in [1.807, 2.05) is 19.1 Å². The summed E-state index contributed by atoms with van der Waals surface area (Å²) in [7, 11) is 2.60. The number of carbonyl (C=O) groups excluding carboxylic acids is 2. The number of rotatable bonds is 9. The SMILES string of the molecule is CC(F)(F)F.CO/N=C(/C(=O)OC)c1cccc(C)c1CO/N=C(C)/C(N)=C/C(=O)c1ccccc1. The van der Waals surface area contributed by atoms with Crippen molar-refractivity contribution in [3.63, 3.8) is 0 Å². The maximum absolute atomic E-state index is 12.3. The molecule has 0 bridgehead atoms. The van der Waals surface area contributed by atoms with E-state index in [2.05, 4.69) is 10.3 Å². The van der Waals surface area contributed by atoms with Crippen LogP contribution in [0.5, 0.6) is 0 Å². The predicted molar refractivity (Wildman–Crippen MR) is 129 cm³/mol. The number of halogens is 3. The first-order valence-corrected chi connectivity index (χ1v) is 10.5.